The van der Waals surface area contributed by atoms with Gasteiger partial charge in [0.2, 0.25) is 5.91 Å². The Morgan fingerprint density at radius 3 is 2.94 bits per heavy atom. The van der Waals surface area contributed by atoms with Gasteiger partial charge in [0.25, 0.3) is 0 Å². The molecule has 0 aromatic carbocycles. The highest BCUT2D eigenvalue weighted by atomic mass is 32.1. The third kappa shape index (κ3) is 4.28. The molecule has 2 aromatic rings. The fourth-order valence-electron chi connectivity index (χ4n) is 1.47. The smallest absolute Gasteiger partial charge is 0.220 e. The molecule has 0 fully saturated rings. The van der Waals surface area contributed by atoms with Gasteiger partial charge in [0, 0.05) is 35.3 Å². The quantitative estimate of drug-likeness (QED) is 0.873. The van der Waals surface area contributed by atoms with Crippen molar-refractivity contribution < 1.29 is 4.79 Å². The molecule has 2 aromatic heterocycles. The molecule has 0 atom stereocenters. The summed E-state index contributed by atoms with van der Waals surface area (Å²) < 4.78 is 0. The van der Waals surface area contributed by atoms with Gasteiger partial charge in [0.1, 0.15) is 0 Å². The summed E-state index contributed by atoms with van der Waals surface area (Å²) in [6.45, 7) is 0.700. The van der Waals surface area contributed by atoms with Gasteiger partial charge in [-0.1, -0.05) is 6.07 Å². The number of carbonyl (C=O) groups excluding carboxylic acids is 1. The number of aromatic nitrogens is 1. The molecule has 0 radical (unpaired) electrons. The Morgan fingerprint density at radius 2 is 2.24 bits per heavy atom. The number of aryl methyl sites for hydroxylation is 1. The predicted octanol–water partition coefficient (Wildman–Crippen LogP) is 2.50. The summed E-state index contributed by atoms with van der Waals surface area (Å²) >= 11 is 3.33. The molecule has 2 heterocycles. The Morgan fingerprint density at radius 1 is 1.29 bits per heavy atom. The molecule has 2 rings (SSSR count). The van der Waals surface area contributed by atoms with Gasteiger partial charge in [0.15, 0.2) is 0 Å². The van der Waals surface area contributed by atoms with Crippen LogP contribution in [0.4, 0.5) is 0 Å². The molecule has 3 nitrogen and oxygen atoms in total. The van der Waals surface area contributed by atoms with Gasteiger partial charge in [-0.05, 0) is 17.9 Å². The SMILES string of the molecule is O=C(CCc1cccs1)NCCc1cncs1. The summed E-state index contributed by atoms with van der Waals surface area (Å²) in [5.41, 5.74) is 1.81. The minimum absolute atomic E-state index is 0.128. The van der Waals surface area contributed by atoms with Gasteiger partial charge < -0.3 is 5.32 Å². The molecule has 0 aliphatic carbocycles. The van der Waals surface area contributed by atoms with Gasteiger partial charge in [0.05, 0.1) is 5.51 Å². The largest absolute Gasteiger partial charge is 0.356 e. The zero-order chi connectivity index (χ0) is 11.9. The van der Waals surface area contributed by atoms with Crippen LogP contribution in [-0.4, -0.2) is 17.4 Å². The van der Waals surface area contributed by atoms with Gasteiger partial charge >= 0.3 is 0 Å². The standard InChI is InChI=1S/C12H14N2OS2/c15-12(4-3-10-2-1-7-16-10)14-6-5-11-8-13-9-17-11/h1-2,7-9H,3-6H2,(H,14,15). The second-order valence-corrected chi connectivity index (χ2v) is 5.65. The molecule has 0 spiro atoms. The van der Waals surface area contributed by atoms with E-state index in [2.05, 4.69) is 16.4 Å². The second kappa shape index (κ2) is 6.51. The first-order valence-electron chi connectivity index (χ1n) is 5.51. The molecular weight excluding hydrogens is 252 g/mol. The summed E-state index contributed by atoms with van der Waals surface area (Å²) in [7, 11) is 0. The average molecular weight is 266 g/mol. The van der Waals surface area contributed by atoms with Crippen LogP contribution >= 0.6 is 22.7 Å². The number of nitrogens with zero attached hydrogens (tertiary/aromatic N) is 1. The van der Waals surface area contributed by atoms with E-state index in [4.69, 9.17) is 0 Å². The van der Waals surface area contributed by atoms with Crippen molar-refractivity contribution in [2.45, 2.75) is 19.3 Å². The van der Waals surface area contributed by atoms with Crippen molar-refractivity contribution in [3.8, 4) is 0 Å². The van der Waals surface area contributed by atoms with E-state index in [9.17, 15) is 4.79 Å². The summed E-state index contributed by atoms with van der Waals surface area (Å²) in [4.78, 5) is 18.0. The maximum absolute atomic E-state index is 11.5. The van der Waals surface area contributed by atoms with Crippen LogP contribution in [0.2, 0.25) is 0 Å². The van der Waals surface area contributed by atoms with Crippen LogP contribution in [0.5, 0.6) is 0 Å². The fourth-order valence-corrected chi connectivity index (χ4v) is 2.78. The van der Waals surface area contributed by atoms with Crippen LogP contribution in [0.1, 0.15) is 16.2 Å². The number of hydrogen-bond donors (Lipinski definition) is 1. The first-order valence-corrected chi connectivity index (χ1v) is 7.27. The zero-order valence-corrected chi connectivity index (χ0v) is 11.0. The molecule has 0 saturated carbocycles. The van der Waals surface area contributed by atoms with E-state index < -0.39 is 0 Å². The number of amides is 1. The lowest BCUT2D eigenvalue weighted by Crippen LogP contribution is -2.25. The third-order valence-corrected chi connectivity index (χ3v) is 4.13. The Hall–Kier alpha value is -1.20. The molecule has 0 aliphatic rings. The van der Waals surface area contributed by atoms with E-state index in [0.29, 0.717) is 13.0 Å². The highest BCUT2D eigenvalue weighted by Crippen LogP contribution is 2.10. The van der Waals surface area contributed by atoms with Crippen LogP contribution in [0.25, 0.3) is 0 Å². The van der Waals surface area contributed by atoms with Gasteiger partial charge in [-0.15, -0.1) is 22.7 Å². The van der Waals surface area contributed by atoms with Crippen molar-refractivity contribution in [1.29, 1.82) is 0 Å². The lowest BCUT2D eigenvalue weighted by atomic mass is 10.2. The summed E-state index contributed by atoms with van der Waals surface area (Å²) in [6, 6.07) is 4.08. The van der Waals surface area contributed by atoms with Crippen LogP contribution in [-0.2, 0) is 17.6 Å². The Kier molecular flexibility index (Phi) is 4.70. The summed E-state index contributed by atoms with van der Waals surface area (Å²) in [5, 5.41) is 4.97. The summed E-state index contributed by atoms with van der Waals surface area (Å²) in [6.07, 6.45) is 4.13. The molecule has 1 amide bonds. The monoisotopic (exact) mass is 266 g/mol. The normalized spacial score (nSPS) is 10.4. The minimum Gasteiger partial charge on any atom is -0.356 e. The Labute approximate surface area is 109 Å². The van der Waals surface area contributed by atoms with E-state index in [1.807, 2.05) is 23.2 Å². The fraction of sp³-hybridized carbons (Fsp3) is 0.333. The molecule has 0 aliphatic heterocycles. The van der Waals surface area contributed by atoms with E-state index in [1.165, 1.54) is 9.75 Å². The van der Waals surface area contributed by atoms with Crippen molar-refractivity contribution in [3.05, 3.63) is 39.0 Å². The molecule has 17 heavy (non-hydrogen) atoms. The summed E-state index contributed by atoms with van der Waals surface area (Å²) in [5.74, 6) is 0.128. The van der Waals surface area contributed by atoms with Crippen LogP contribution in [0.3, 0.4) is 0 Å². The number of hydrogen-bond acceptors (Lipinski definition) is 4. The molecule has 0 saturated heterocycles. The zero-order valence-electron chi connectivity index (χ0n) is 9.39. The Balaban J connectivity index is 1.61. The van der Waals surface area contributed by atoms with Crippen molar-refractivity contribution in [1.82, 2.24) is 10.3 Å². The molecule has 1 N–H and O–H groups in total. The number of nitrogens with one attached hydrogen (secondary N) is 1. The van der Waals surface area contributed by atoms with Gasteiger partial charge in [-0.2, -0.15) is 0 Å². The van der Waals surface area contributed by atoms with Crippen molar-refractivity contribution >= 4 is 28.6 Å². The topological polar surface area (TPSA) is 42.0 Å². The number of thiophene rings is 1. The van der Waals surface area contributed by atoms with E-state index >= 15 is 0 Å². The predicted molar refractivity (Wildman–Crippen MR) is 71.5 cm³/mol. The average Bonchev–Trinajstić information content (AvgIpc) is 2.99. The van der Waals surface area contributed by atoms with E-state index in [1.54, 1.807) is 22.7 Å². The molecule has 5 heteroatoms. The molecule has 90 valence electrons. The highest BCUT2D eigenvalue weighted by Gasteiger charge is 2.02. The lowest BCUT2D eigenvalue weighted by Gasteiger charge is -2.03. The van der Waals surface area contributed by atoms with Crippen LogP contribution in [0, 0.1) is 0 Å². The van der Waals surface area contributed by atoms with Crippen molar-refractivity contribution in [3.63, 3.8) is 0 Å². The van der Waals surface area contributed by atoms with Crippen molar-refractivity contribution in [2.24, 2.45) is 0 Å². The van der Waals surface area contributed by atoms with Gasteiger partial charge in [-0.3, -0.25) is 9.78 Å². The molecular formula is C12H14N2OS2. The maximum Gasteiger partial charge on any atom is 0.220 e. The first-order chi connectivity index (χ1) is 8.34. The minimum atomic E-state index is 0.128. The number of thiazole rings is 1. The Bertz CT molecular complexity index is 437. The molecule has 0 unspecified atom stereocenters. The maximum atomic E-state index is 11.5. The van der Waals surface area contributed by atoms with Crippen molar-refractivity contribution in [2.75, 3.05) is 6.54 Å². The molecule has 0 bridgehead atoms. The van der Waals surface area contributed by atoms with Crippen LogP contribution < -0.4 is 5.32 Å². The van der Waals surface area contributed by atoms with E-state index in [0.717, 1.165) is 12.8 Å². The number of carbonyl (C=O) groups is 1. The van der Waals surface area contributed by atoms with Crippen LogP contribution in [0.15, 0.2) is 29.2 Å². The van der Waals surface area contributed by atoms with Gasteiger partial charge in [-0.25, -0.2) is 0 Å². The number of rotatable bonds is 6. The first kappa shape index (κ1) is 12.3. The van der Waals surface area contributed by atoms with E-state index in [-0.39, 0.29) is 5.91 Å². The second-order valence-electron chi connectivity index (χ2n) is 3.65. The highest BCUT2D eigenvalue weighted by molar-refractivity contribution is 7.10. The third-order valence-electron chi connectivity index (χ3n) is 2.36. The lowest BCUT2D eigenvalue weighted by molar-refractivity contribution is -0.121.